The van der Waals surface area contributed by atoms with E-state index in [1.165, 1.54) is 16.3 Å². The first-order valence-corrected chi connectivity index (χ1v) is 13.8. The largest absolute Gasteiger partial charge is 0.454 e. The Morgan fingerprint density at radius 3 is 2.55 bits per heavy atom. The van der Waals surface area contributed by atoms with E-state index in [0.717, 1.165) is 29.2 Å². The molecular weight excluding hydrogens is 378 g/mol. The Morgan fingerprint density at radius 2 is 1.83 bits per heavy atom. The highest BCUT2D eigenvalue weighted by molar-refractivity contribution is 6.89. The number of carbonyl (C=O) groups excluding carboxylic acids is 1. The van der Waals surface area contributed by atoms with Gasteiger partial charge in [-0.05, 0) is 60.7 Å². The topological polar surface area (TPSA) is 47.6 Å². The smallest absolute Gasteiger partial charge is 0.231 e. The number of carbonyl (C=O) groups is 1. The number of nitrogens with one attached hydrogen (secondary N) is 1. The quantitative estimate of drug-likeness (QED) is 0.444. The number of Topliss-reactive ketones (excluding diaryl/α,β-unsaturated/α-hetero) is 1. The van der Waals surface area contributed by atoms with Gasteiger partial charge in [0.15, 0.2) is 17.3 Å². The summed E-state index contributed by atoms with van der Waals surface area (Å²) in [6.45, 7) is 9.08. The molecule has 3 unspecified atom stereocenters. The van der Waals surface area contributed by atoms with Gasteiger partial charge in [-0.1, -0.05) is 37.0 Å². The van der Waals surface area contributed by atoms with Gasteiger partial charge in [-0.3, -0.25) is 4.79 Å². The Kier molecular flexibility index (Phi) is 4.14. The summed E-state index contributed by atoms with van der Waals surface area (Å²) < 4.78 is 11.4. The van der Waals surface area contributed by atoms with E-state index in [2.05, 4.69) is 61.4 Å². The molecule has 150 valence electrons. The fourth-order valence-corrected chi connectivity index (χ4v) is 6.64. The molecule has 29 heavy (non-hydrogen) atoms. The minimum atomic E-state index is -1.60. The van der Waals surface area contributed by atoms with Gasteiger partial charge in [0, 0.05) is 17.2 Å². The number of anilines is 1. The molecule has 2 aliphatic heterocycles. The van der Waals surface area contributed by atoms with Crippen molar-refractivity contribution in [3.05, 3.63) is 59.2 Å². The van der Waals surface area contributed by atoms with Crippen molar-refractivity contribution < 1.29 is 14.3 Å². The van der Waals surface area contributed by atoms with Crippen molar-refractivity contribution in [2.45, 2.75) is 44.9 Å². The highest BCUT2D eigenvalue weighted by Gasteiger charge is 2.40. The highest BCUT2D eigenvalue weighted by Crippen LogP contribution is 2.50. The summed E-state index contributed by atoms with van der Waals surface area (Å²) in [4.78, 5) is 11.9. The third-order valence-electron chi connectivity index (χ3n) is 6.46. The maximum Gasteiger partial charge on any atom is 0.231 e. The molecule has 1 aliphatic carbocycles. The molecule has 5 heteroatoms. The lowest BCUT2D eigenvalue weighted by atomic mass is 9.76. The highest BCUT2D eigenvalue weighted by atomic mass is 28.3. The van der Waals surface area contributed by atoms with Crippen LogP contribution >= 0.6 is 0 Å². The molecular formula is C24H27NO3Si. The number of rotatable bonds is 3. The van der Waals surface area contributed by atoms with Crippen molar-refractivity contribution in [2.75, 3.05) is 12.1 Å². The second-order valence-electron chi connectivity index (χ2n) is 9.38. The predicted molar refractivity (Wildman–Crippen MR) is 118 cm³/mol. The second-order valence-corrected chi connectivity index (χ2v) is 14.4. The first kappa shape index (κ1) is 18.5. The second kappa shape index (κ2) is 6.49. The van der Waals surface area contributed by atoms with Gasteiger partial charge < -0.3 is 14.8 Å². The van der Waals surface area contributed by atoms with Crippen LogP contribution in [0.4, 0.5) is 5.69 Å². The summed E-state index contributed by atoms with van der Waals surface area (Å²) in [6, 6.07) is 10.7. The third kappa shape index (κ3) is 2.99. The van der Waals surface area contributed by atoms with Crippen LogP contribution in [0.15, 0.2) is 42.5 Å². The van der Waals surface area contributed by atoms with Crippen molar-refractivity contribution in [3.63, 3.8) is 0 Å². The lowest BCUT2D eigenvalue weighted by Gasteiger charge is -2.39. The fourth-order valence-electron chi connectivity index (χ4n) is 4.99. The van der Waals surface area contributed by atoms with E-state index in [-0.39, 0.29) is 11.8 Å². The molecule has 3 atom stereocenters. The van der Waals surface area contributed by atoms with Gasteiger partial charge in [-0.15, -0.1) is 0 Å². The van der Waals surface area contributed by atoms with Gasteiger partial charge in [0.05, 0.1) is 14.1 Å². The van der Waals surface area contributed by atoms with E-state index in [9.17, 15) is 4.79 Å². The van der Waals surface area contributed by atoms with Crippen LogP contribution in [0, 0.1) is 5.92 Å². The molecule has 2 aromatic rings. The molecule has 0 bridgehead atoms. The molecule has 5 rings (SSSR count). The van der Waals surface area contributed by atoms with Crippen LogP contribution in [0.1, 0.15) is 46.8 Å². The molecule has 0 saturated heterocycles. The zero-order valence-electron chi connectivity index (χ0n) is 17.4. The molecule has 2 aromatic carbocycles. The standard InChI is InChI=1S/C24H27NO3Si/c1-14(26)15-8-9-20-18(10-15)16-6-5-7-17(16)24(25-20)19-11-21-22(28-13-27-21)12-23(19)29(2,3)4/h5-6,8-12,16-17,24-25H,7,13H2,1-4H3. The van der Waals surface area contributed by atoms with Crippen molar-refractivity contribution >= 4 is 24.7 Å². The predicted octanol–water partition coefficient (Wildman–Crippen LogP) is 4.99. The molecule has 0 spiro atoms. The number of benzene rings is 2. The molecule has 4 nitrogen and oxygen atoms in total. The fraction of sp³-hybridized carbons (Fsp3) is 0.375. The summed E-state index contributed by atoms with van der Waals surface area (Å²) in [5, 5.41) is 5.25. The zero-order valence-corrected chi connectivity index (χ0v) is 18.4. The van der Waals surface area contributed by atoms with Gasteiger partial charge in [0.1, 0.15) is 0 Å². The van der Waals surface area contributed by atoms with Crippen LogP contribution < -0.4 is 20.0 Å². The average molecular weight is 406 g/mol. The van der Waals surface area contributed by atoms with E-state index in [1.807, 2.05) is 6.07 Å². The zero-order chi connectivity index (χ0) is 20.3. The number of hydrogen-bond donors (Lipinski definition) is 1. The Balaban J connectivity index is 1.64. The van der Waals surface area contributed by atoms with Gasteiger partial charge >= 0.3 is 0 Å². The summed E-state index contributed by atoms with van der Waals surface area (Å²) in [6.07, 6.45) is 5.65. The maximum absolute atomic E-state index is 11.9. The van der Waals surface area contributed by atoms with Crippen molar-refractivity contribution in [2.24, 2.45) is 5.92 Å². The number of ether oxygens (including phenoxy) is 2. The van der Waals surface area contributed by atoms with Gasteiger partial charge in [-0.2, -0.15) is 0 Å². The summed E-state index contributed by atoms with van der Waals surface area (Å²) >= 11 is 0. The molecule has 3 aliphatic rings. The average Bonchev–Trinajstić information content (AvgIpc) is 3.34. The third-order valence-corrected chi connectivity index (χ3v) is 8.51. The molecule has 0 radical (unpaired) electrons. The maximum atomic E-state index is 11.9. The minimum absolute atomic E-state index is 0.116. The van der Waals surface area contributed by atoms with Crippen LogP contribution in [0.5, 0.6) is 11.5 Å². The van der Waals surface area contributed by atoms with E-state index < -0.39 is 8.07 Å². The van der Waals surface area contributed by atoms with E-state index >= 15 is 0 Å². The molecule has 0 saturated carbocycles. The molecule has 1 N–H and O–H groups in total. The van der Waals surface area contributed by atoms with Gasteiger partial charge in [0.25, 0.3) is 0 Å². The minimum Gasteiger partial charge on any atom is -0.454 e. The monoisotopic (exact) mass is 405 g/mol. The number of ketones is 1. The Labute approximate surface area is 172 Å². The van der Waals surface area contributed by atoms with Crippen molar-refractivity contribution in [3.8, 4) is 11.5 Å². The van der Waals surface area contributed by atoms with Crippen LogP contribution in [0.3, 0.4) is 0 Å². The van der Waals surface area contributed by atoms with Crippen LogP contribution in [-0.4, -0.2) is 20.7 Å². The first-order valence-electron chi connectivity index (χ1n) is 10.3. The first-order chi connectivity index (χ1) is 13.8. The Hall–Kier alpha value is -2.53. The summed E-state index contributed by atoms with van der Waals surface area (Å²) in [5.74, 6) is 2.60. The number of hydrogen-bond acceptors (Lipinski definition) is 4. The SMILES string of the molecule is CC(=O)c1ccc2c(c1)C1C=CCC1C(c1cc3c(cc1[Si](C)(C)C)OCO3)N2. The molecule has 0 fully saturated rings. The van der Waals surface area contributed by atoms with E-state index in [4.69, 9.17) is 9.47 Å². The number of fused-ring (bicyclic) bond motifs is 4. The van der Waals surface area contributed by atoms with Crippen LogP contribution in [0.25, 0.3) is 0 Å². The number of allylic oxidation sites excluding steroid dienone is 2. The van der Waals surface area contributed by atoms with Crippen molar-refractivity contribution in [1.29, 1.82) is 0 Å². The molecule has 2 heterocycles. The summed E-state index contributed by atoms with van der Waals surface area (Å²) in [5.41, 5.74) is 4.50. The normalized spacial score (nSPS) is 24.1. The van der Waals surface area contributed by atoms with Crippen LogP contribution in [0.2, 0.25) is 19.6 Å². The van der Waals surface area contributed by atoms with Crippen molar-refractivity contribution in [1.82, 2.24) is 0 Å². The molecule has 0 aromatic heterocycles. The summed E-state index contributed by atoms with van der Waals surface area (Å²) in [7, 11) is -1.60. The van der Waals surface area contributed by atoms with Gasteiger partial charge in [0.2, 0.25) is 6.79 Å². The van der Waals surface area contributed by atoms with E-state index in [1.54, 1.807) is 6.92 Å². The van der Waals surface area contributed by atoms with Crippen LogP contribution in [-0.2, 0) is 0 Å². The van der Waals surface area contributed by atoms with Gasteiger partial charge in [-0.25, -0.2) is 0 Å². The lowest BCUT2D eigenvalue weighted by Crippen LogP contribution is -2.43. The Bertz CT molecular complexity index is 1040. The van der Waals surface area contributed by atoms with E-state index in [0.29, 0.717) is 18.6 Å². The molecule has 0 amide bonds. The Morgan fingerprint density at radius 1 is 1.07 bits per heavy atom. The lowest BCUT2D eigenvalue weighted by molar-refractivity contribution is 0.101.